The Kier molecular flexibility index (Phi) is 3.06. The lowest BCUT2D eigenvalue weighted by molar-refractivity contribution is -0.140. The number of esters is 1. The Morgan fingerprint density at radius 2 is 2.23 bits per heavy atom. The molecule has 0 aliphatic carbocycles. The van der Waals surface area contributed by atoms with Crippen LogP contribution in [0.2, 0.25) is 0 Å². The average molecular weight is 183 g/mol. The molecule has 0 spiro atoms. The van der Waals surface area contributed by atoms with Gasteiger partial charge in [0.05, 0.1) is 12.8 Å². The van der Waals surface area contributed by atoms with Crippen molar-refractivity contribution in [2.75, 3.05) is 7.11 Å². The van der Waals surface area contributed by atoms with E-state index < -0.39 is 0 Å². The van der Waals surface area contributed by atoms with Gasteiger partial charge in [-0.25, -0.2) is 0 Å². The predicted octanol–water partition coefficient (Wildman–Crippen LogP) is 1.40. The normalized spacial score (nSPS) is 10.1. The topological polar surface area (TPSA) is 52.3 Å². The minimum absolute atomic E-state index is 0.208. The van der Waals surface area contributed by atoms with Crippen molar-refractivity contribution in [3.8, 4) is 0 Å². The van der Waals surface area contributed by atoms with Gasteiger partial charge in [-0.1, -0.05) is 5.16 Å². The summed E-state index contributed by atoms with van der Waals surface area (Å²) >= 11 is 0. The number of hydrogen-bond donors (Lipinski definition) is 0. The number of aromatic nitrogens is 1. The van der Waals surface area contributed by atoms with Gasteiger partial charge in [0.25, 0.3) is 0 Å². The molecule has 72 valence electrons. The summed E-state index contributed by atoms with van der Waals surface area (Å²) in [6, 6.07) is 0. The van der Waals surface area contributed by atoms with Crippen molar-refractivity contribution in [1.29, 1.82) is 0 Å². The van der Waals surface area contributed by atoms with Crippen LogP contribution in [-0.2, 0) is 16.0 Å². The first-order valence-corrected chi connectivity index (χ1v) is 4.13. The van der Waals surface area contributed by atoms with Gasteiger partial charge in [-0.15, -0.1) is 0 Å². The molecule has 0 N–H and O–H groups in total. The van der Waals surface area contributed by atoms with E-state index in [2.05, 4.69) is 9.89 Å². The summed E-state index contributed by atoms with van der Waals surface area (Å²) in [5.41, 5.74) is 1.85. The van der Waals surface area contributed by atoms with Gasteiger partial charge in [0, 0.05) is 12.0 Å². The number of carbonyl (C=O) groups excluding carboxylic acids is 1. The largest absolute Gasteiger partial charge is 0.469 e. The quantitative estimate of drug-likeness (QED) is 0.664. The molecule has 0 bridgehead atoms. The number of ether oxygens (including phenoxy) is 1. The number of aryl methyl sites for hydroxylation is 2. The number of carbonyl (C=O) groups is 1. The lowest BCUT2D eigenvalue weighted by atomic mass is 10.1. The molecule has 0 saturated heterocycles. The van der Waals surface area contributed by atoms with Crippen LogP contribution in [0.4, 0.5) is 0 Å². The van der Waals surface area contributed by atoms with Gasteiger partial charge >= 0.3 is 5.97 Å². The second-order valence-corrected chi connectivity index (χ2v) is 2.88. The van der Waals surface area contributed by atoms with Crippen LogP contribution in [0.3, 0.4) is 0 Å². The van der Waals surface area contributed by atoms with E-state index in [1.165, 1.54) is 7.11 Å². The van der Waals surface area contributed by atoms with Gasteiger partial charge in [-0.05, 0) is 20.3 Å². The molecule has 0 radical (unpaired) electrons. The maximum absolute atomic E-state index is 10.9. The van der Waals surface area contributed by atoms with E-state index in [0.717, 1.165) is 17.0 Å². The number of hydrogen-bond acceptors (Lipinski definition) is 4. The van der Waals surface area contributed by atoms with Crippen molar-refractivity contribution in [1.82, 2.24) is 5.16 Å². The fraction of sp³-hybridized carbons (Fsp3) is 0.556. The lowest BCUT2D eigenvalue weighted by Crippen LogP contribution is -2.02. The van der Waals surface area contributed by atoms with Gasteiger partial charge in [0.2, 0.25) is 0 Å². The van der Waals surface area contributed by atoms with Crippen molar-refractivity contribution in [3.63, 3.8) is 0 Å². The highest BCUT2D eigenvalue weighted by molar-refractivity contribution is 5.69. The number of rotatable bonds is 3. The van der Waals surface area contributed by atoms with E-state index in [1.807, 2.05) is 13.8 Å². The molecule has 0 fully saturated rings. The summed E-state index contributed by atoms with van der Waals surface area (Å²) in [4.78, 5) is 10.9. The number of methoxy groups -OCH3 is 1. The third-order valence-corrected chi connectivity index (χ3v) is 1.99. The molecule has 1 heterocycles. The average Bonchev–Trinajstić information content (AvgIpc) is 2.43. The molecule has 0 amide bonds. The van der Waals surface area contributed by atoms with Gasteiger partial charge < -0.3 is 9.26 Å². The van der Waals surface area contributed by atoms with Crippen molar-refractivity contribution in [3.05, 3.63) is 17.0 Å². The predicted molar refractivity (Wildman–Crippen MR) is 46.3 cm³/mol. The summed E-state index contributed by atoms with van der Waals surface area (Å²) in [6.45, 7) is 3.70. The summed E-state index contributed by atoms with van der Waals surface area (Å²) in [5.74, 6) is 0.571. The molecule has 0 atom stereocenters. The van der Waals surface area contributed by atoms with Crippen LogP contribution in [0.5, 0.6) is 0 Å². The SMILES string of the molecule is COC(=O)CCc1c(C)noc1C. The van der Waals surface area contributed by atoms with Crippen LogP contribution in [0.25, 0.3) is 0 Å². The van der Waals surface area contributed by atoms with E-state index in [1.54, 1.807) is 0 Å². The maximum Gasteiger partial charge on any atom is 0.305 e. The summed E-state index contributed by atoms with van der Waals surface area (Å²) < 4.78 is 9.50. The summed E-state index contributed by atoms with van der Waals surface area (Å²) in [7, 11) is 1.38. The van der Waals surface area contributed by atoms with E-state index >= 15 is 0 Å². The van der Waals surface area contributed by atoms with E-state index in [4.69, 9.17) is 4.52 Å². The fourth-order valence-corrected chi connectivity index (χ4v) is 1.19. The Balaban J connectivity index is 2.58. The van der Waals surface area contributed by atoms with Crippen LogP contribution < -0.4 is 0 Å². The van der Waals surface area contributed by atoms with Crippen LogP contribution in [0, 0.1) is 13.8 Å². The first kappa shape index (κ1) is 9.77. The van der Waals surface area contributed by atoms with Gasteiger partial charge in [-0.2, -0.15) is 0 Å². The molecule has 13 heavy (non-hydrogen) atoms. The van der Waals surface area contributed by atoms with E-state index in [-0.39, 0.29) is 5.97 Å². The highest BCUT2D eigenvalue weighted by Gasteiger charge is 2.10. The third kappa shape index (κ3) is 2.31. The summed E-state index contributed by atoms with van der Waals surface area (Å²) in [6.07, 6.45) is 1.01. The first-order valence-electron chi connectivity index (χ1n) is 4.13. The van der Waals surface area contributed by atoms with Crippen molar-refractivity contribution < 1.29 is 14.1 Å². The van der Waals surface area contributed by atoms with Gasteiger partial charge in [0.1, 0.15) is 5.76 Å². The lowest BCUT2D eigenvalue weighted by Gasteiger charge is -1.98. The summed E-state index contributed by atoms with van der Waals surface area (Å²) in [5, 5.41) is 3.79. The van der Waals surface area contributed by atoms with Gasteiger partial charge in [0.15, 0.2) is 0 Å². The Bertz CT molecular complexity index is 284. The molecule has 4 heteroatoms. The zero-order chi connectivity index (χ0) is 9.84. The second kappa shape index (κ2) is 4.07. The molecular weight excluding hydrogens is 170 g/mol. The molecule has 1 aromatic heterocycles. The zero-order valence-electron chi connectivity index (χ0n) is 8.09. The van der Waals surface area contributed by atoms with Gasteiger partial charge in [-0.3, -0.25) is 4.79 Å². The Hall–Kier alpha value is -1.32. The van der Waals surface area contributed by atoms with Crippen molar-refractivity contribution >= 4 is 5.97 Å². The fourth-order valence-electron chi connectivity index (χ4n) is 1.19. The Morgan fingerprint density at radius 1 is 1.54 bits per heavy atom. The monoisotopic (exact) mass is 183 g/mol. The van der Waals surface area contributed by atoms with Crippen molar-refractivity contribution in [2.24, 2.45) is 0 Å². The minimum Gasteiger partial charge on any atom is -0.469 e. The molecule has 0 aromatic carbocycles. The van der Waals surface area contributed by atoms with E-state index in [0.29, 0.717) is 12.8 Å². The van der Waals surface area contributed by atoms with Crippen LogP contribution in [-0.4, -0.2) is 18.2 Å². The molecule has 0 aliphatic rings. The Labute approximate surface area is 76.9 Å². The standard InChI is InChI=1S/C9H13NO3/c1-6-8(7(2)13-10-6)4-5-9(11)12-3/h4-5H2,1-3H3. The smallest absolute Gasteiger partial charge is 0.305 e. The highest BCUT2D eigenvalue weighted by atomic mass is 16.5. The minimum atomic E-state index is -0.208. The molecule has 0 saturated carbocycles. The van der Waals surface area contributed by atoms with Crippen LogP contribution in [0.15, 0.2) is 4.52 Å². The maximum atomic E-state index is 10.9. The third-order valence-electron chi connectivity index (χ3n) is 1.99. The zero-order valence-corrected chi connectivity index (χ0v) is 8.09. The Morgan fingerprint density at radius 3 is 2.69 bits per heavy atom. The van der Waals surface area contributed by atoms with Crippen molar-refractivity contribution in [2.45, 2.75) is 26.7 Å². The molecular formula is C9H13NO3. The first-order chi connectivity index (χ1) is 6.15. The highest BCUT2D eigenvalue weighted by Crippen LogP contribution is 2.14. The molecule has 0 unspecified atom stereocenters. The molecule has 1 rings (SSSR count). The van der Waals surface area contributed by atoms with Crippen LogP contribution >= 0.6 is 0 Å². The van der Waals surface area contributed by atoms with Crippen LogP contribution in [0.1, 0.15) is 23.4 Å². The molecule has 1 aromatic rings. The second-order valence-electron chi connectivity index (χ2n) is 2.88. The molecule has 4 nitrogen and oxygen atoms in total. The molecule has 0 aliphatic heterocycles. The number of nitrogens with zero attached hydrogens (tertiary/aromatic N) is 1. The van der Waals surface area contributed by atoms with E-state index in [9.17, 15) is 4.79 Å².